The zero-order valence-corrected chi connectivity index (χ0v) is 33.4. The minimum Gasteiger partial charge on any atom is -0.453 e. The zero-order chi connectivity index (χ0) is 40.8. The highest BCUT2D eigenvalue weighted by Gasteiger charge is 2.38. The number of hydrogen-bond acceptors (Lipinski definition) is 8. The van der Waals surface area contributed by atoms with Gasteiger partial charge in [0.1, 0.15) is 17.9 Å². The van der Waals surface area contributed by atoms with Crippen molar-refractivity contribution in [3.63, 3.8) is 0 Å². The van der Waals surface area contributed by atoms with Crippen LogP contribution < -0.4 is 21.3 Å². The molecule has 1 saturated heterocycles. The molecular formula is C43H53N7O7. The average molecular weight is 780 g/mol. The van der Waals surface area contributed by atoms with E-state index in [-0.39, 0.29) is 47.7 Å². The lowest BCUT2D eigenvalue weighted by molar-refractivity contribution is -0.135. The number of ether oxygens (including phenoxy) is 2. The SMILES string of the molecule is COC(=O)N[C@H](C(=O)N[C@H]1CCC[C@@H]1NC(=O)c1cccc(-c2ccc3cc(-c4cnc([C@@H]5CCCN5C(=O)[C@@H](NC(=O)OC)C(C)C)[nH]4)ccc3c2)c1)C(C)C. The number of hydrogen-bond donors (Lipinski definition) is 5. The summed E-state index contributed by atoms with van der Waals surface area (Å²) in [4.78, 5) is 73.9. The number of alkyl carbamates (subject to hydrolysis) is 2. The van der Waals surface area contributed by atoms with E-state index in [0.717, 1.165) is 65.3 Å². The van der Waals surface area contributed by atoms with Crippen molar-refractivity contribution in [2.24, 2.45) is 11.8 Å². The number of likely N-dealkylation sites (tertiary alicyclic amines) is 1. The summed E-state index contributed by atoms with van der Waals surface area (Å²) in [5, 5.41) is 13.5. The van der Waals surface area contributed by atoms with E-state index in [1.165, 1.54) is 14.2 Å². The summed E-state index contributed by atoms with van der Waals surface area (Å²) in [6.07, 6.45) is 4.39. The van der Waals surface area contributed by atoms with Crippen LogP contribution in [-0.2, 0) is 19.1 Å². The molecule has 2 aliphatic rings. The van der Waals surface area contributed by atoms with Gasteiger partial charge < -0.3 is 40.6 Å². The molecule has 5 amide bonds. The number of carbonyl (C=O) groups excluding carboxylic acids is 5. The second-order valence-electron chi connectivity index (χ2n) is 15.6. The number of rotatable bonds is 12. The highest BCUT2D eigenvalue weighted by atomic mass is 16.5. The fraction of sp³-hybridized carbons (Fsp3) is 0.442. The third-order valence-electron chi connectivity index (χ3n) is 11.0. The normalized spacial score (nSPS) is 18.9. The van der Waals surface area contributed by atoms with Crippen molar-refractivity contribution < 1.29 is 33.4 Å². The van der Waals surface area contributed by atoms with Crippen molar-refractivity contribution in [3.05, 3.63) is 78.2 Å². The van der Waals surface area contributed by atoms with Gasteiger partial charge in [-0.15, -0.1) is 0 Å². The predicted octanol–water partition coefficient (Wildman–Crippen LogP) is 6.09. The monoisotopic (exact) mass is 779 g/mol. The third kappa shape index (κ3) is 9.38. The van der Waals surface area contributed by atoms with Crippen LogP contribution in [0.3, 0.4) is 0 Å². The molecule has 2 fully saturated rings. The quantitative estimate of drug-likeness (QED) is 0.114. The third-order valence-corrected chi connectivity index (χ3v) is 11.0. The molecule has 0 radical (unpaired) electrons. The van der Waals surface area contributed by atoms with Crippen LogP contribution in [0.1, 0.15) is 82.0 Å². The van der Waals surface area contributed by atoms with Gasteiger partial charge in [0.15, 0.2) is 0 Å². The summed E-state index contributed by atoms with van der Waals surface area (Å²) in [6.45, 7) is 8.06. The number of aromatic amines is 1. The molecule has 302 valence electrons. The van der Waals surface area contributed by atoms with Crippen molar-refractivity contribution in [2.45, 2.75) is 90.0 Å². The zero-order valence-electron chi connectivity index (χ0n) is 33.4. The van der Waals surface area contributed by atoms with Gasteiger partial charge in [0.2, 0.25) is 11.8 Å². The van der Waals surface area contributed by atoms with Crippen molar-refractivity contribution >= 4 is 40.7 Å². The fourth-order valence-corrected chi connectivity index (χ4v) is 7.83. The Balaban J connectivity index is 1.12. The second-order valence-corrected chi connectivity index (χ2v) is 15.6. The molecule has 0 bridgehead atoms. The Labute approximate surface area is 332 Å². The molecule has 0 spiro atoms. The molecule has 6 rings (SSSR count). The summed E-state index contributed by atoms with van der Waals surface area (Å²) < 4.78 is 9.45. The van der Waals surface area contributed by atoms with E-state index >= 15 is 0 Å². The number of nitrogens with one attached hydrogen (secondary N) is 5. The standard InChI is InChI=1S/C43H53N7O7/c1-24(2)36(48-42(54)56-5)40(52)47-33-13-8-12-32(33)46-39(51)31-11-7-10-26(22-31)27-15-16-29-21-30(18-17-28(29)20-27)34-23-44-38(45-34)35-14-9-19-50(35)41(53)37(25(3)4)49-43(55)57-6/h7,10-11,15-18,20-25,32-33,35-37H,8-9,12-14,19H2,1-6H3,(H,44,45)(H,46,51)(H,47,52)(H,48,54)(H,49,55)/t32-,33-,35-,36-,37-/m0/s1. The molecule has 2 heterocycles. The Bertz CT molecular complexity index is 2110. The number of imidazole rings is 1. The van der Waals surface area contributed by atoms with Crippen molar-refractivity contribution in [2.75, 3.05) is 20.8 Å². The second kappa shape index (κ2) is 17.9. The van der Waals surface area contributed by atoms with Crippen LogP contribution in [0.25, 0.3) is 33.2 Å². The molecule has 1 aliphatic heterocycles. The Morgan fingerprint density at radius 2 is 1.35 bits per heavy atom. The lowest BCUT2D eigenvalue weighted by Crippen LogP contribution is -2.55. The summed E-state index contributed by atoms with van der Waals surface area (Å²) >= 11 is 0. The summed E-state index contributed by atoms with van der Waals surface area (Å²) in [7, 11) is 2.54. The molecule has 0 unspecified atom stereocenters. The first-order valence-corrected chi connectivity index (χ1v) is 19.7. The van der Waals surface area contributed by atoms with Gasteiger partial charge in [0, 0.05) is 29.8 Å². The Morgan fingerprint density at radius 1 is 0.737 bits per heavy atom. The molecular weight excluding hydrogens is 727 g/mol. The first kappa shape index (κ1) is 40.7. The minimum atomic E-state index is -0.757. The van der Waals surface area contributed by atoms with Crippen molar-refractivity contribution in [1.29, 1.82) is 0 Å². The van der Waals surface area contributed by atoms with Crippen LogP contribution in [0.15, 0.2) is 66.9 Å². The number of carbonyl (C=O) groups is 5. The van der Waals surface area contributed by atoms with Gasteiger partial charge >= 0.3 is 12.2 Å². The van der Waals surface area contributed by atoms with E-state index in [1.54, 1.807) is 17.2 Å². The molecule has 5 atom stereocenters. The van der Waals surface area contributed by atoms with Gasteiger partial charge in [-0.1, -0.05) is 64.1 Å². The van der Waals surface area contributed by atoms with Gasteiger partial charge in [-0.3, -0.25) is 14.4 Å². The molecule has 4 aromatic rings. The number of benzene rings is 3. The Morgan fingerprint density at radius 3 is 2.02 bits per heavy atom. The van der Waals surface area contributed by atoms with Gasteiger partial charge in [-0.25, -0.2) is 14.6 Å². The highest BCUT2D eigenvalue weighted by Crippen LogP contribution is 2.34. The van der Waals surface area contributed by atoms with Gasteiger partial charge in [0.25, 0.3) is 5.91 Å². The van der Waals surface area contributed by atoms with Crippen LogP contribution in [0.4, 0.5) is 9.59 Å². The largest absolute Gasteiger partial charge is 0.453 e. The number of H-pyrrole nitrogens is 1. The maximum absolute atomic E-state index is 13.6. The summed E-state index contributed by atoms with van der Waals surface area (Å²) in [5.41, 5.74) is 4.17. The number of amides is 5. The molecule has 1 saturated carbocycles. The molecule has 5 N–H and O–H groups in total. The van der Waals surface area contributed by atoms with Crippen LogP contribution >= 0.6 is 0 Å². The number of aromatic nitrogens is 2. The molecule has 3 aromatic carbocycles. The maximum atomic E-state index is 13.6. The fourth-order valence-electron chi connectivity index (χ4n) is 7.83. The molecule has 1 aliphatic carbocycles. The Hall–Kier alpha value is -5.92. The van der Waals surface area contributed by atoms with E-state index < -0.39 is 24.3 Å². The van der Waals surface area contributed by atoms with Gasteiger partial charge in [-0.2, -0.15) is 0 Å². The smallest absolute Gasteiger partial charge is 0.407 e. The van der Waals surface area contributed by atoms with Crippen molar-refractivity contribution in [1.82, 2.24) is 36.1 Å². The predicted molar refractivity (Wildman–Crippen MR) is 216 cm³/mol. The molecule has 57 heavy (non-hydrogen) atoms. The van der Waals surface area contributed by atoms with Crippen LogP contribution in [0.5, 0.6) is 0 Å². The van der Waals surface area contributed by atoms with Crippen LogP contribution in [0, 0.1) is 11.8 Å². The highest BCUT2D eigenvalue weighted by molar-refractivity contribution is 5.97. The van der Waals surface area contributed by atoms with Crippen LogP contribution in [0.2, 0.25) is 0 Å². The summed E-state index contributed by atoms with van der Waals surface area (Å²) in [6, 6.07) is 17.7. The van der Waals surface area contributed by atoms with Crippen LogP contribution in [-0.4, -0.2) is 89.7 Å². The average Bonchev–Trinajstić information content (AvgIpc) is 4.00. The van der Waals surface area contributed by atoms with E-state index in [4.69, 9.17) is 9.47 Å². The van der Waals surface area contributed by atoms with E-state index in [9.17, 15) is 24.0 Å². The Kier molecular flexibility index (Phi) is 12.8. The lowest BCUT2D eigenvalue weighted by atomic mass is 9.98. The van der Waals surface area contributed by atoms with Gasteiger partial charge in [0.05, 0.1) is 32.2 Å². The minimum absolute atomic E-state index is 0.118. The van der Waals surface area contributed by atoms with E-state index in [2.05, 4.69) is 55.5 Å². The van der Waals surface area contributed by atoms with E-state index in [0.29, 0.717) is 17.9 Å². The van der Waals surface area contributed by atoms with E-state index in [1.807, 2.05) is 58.0 Å². The maximum Gasteiger partial charge on any atom is 0.407 e. The first-order valence-electron chi connectivity index (χ1n) is 19.7. The number of nitrogens with zero attached hydrogens (tertiary/aromatic N) is 2. The van der Waals surface area contributed by atoms with Crippen molar-refractivity contribution in [3.8, 4) is 22.4 Å². The molecule has 1 aromatic heterocycles. The first-order chi connectivity index (χ1) is 27.4. The molecule has 14 heteroatoms. The lowest BCUT2D eigenvalue weighted by Gasteiger charge is -2.30. The molecule has 14 nitrogen and oxygen atoms in total. The number of methoxy groups -OCH3 is 2. The topological polar surface area (TPSA) is 184 Å². The van der Waals surface area contributed by atoms with Gasteiger partial charge in [-0.05, 0) is 90.1 Å². The summed E-state index contributed by atoms with van der Waals surface area (Å²) in [5.74, 6) is -0.246. The number of fused-ring (bicyclic) bond motifs is 1.